The molecule has 2 aromatic rings. The number of thioether (sulfide) groups is 1. The second-order valence-corrected chi connectivity index (χ2v) is 6.83. The highest BCUT2D eigenvalue weighted by atomic mass is 35.5. The molecule has 3 rings (SSSR count). The Labute approximate surface area is 131 Å². The molecule has 0 spiro atoms. The molecule has 1 aliphatic rings. The first kappa shape index (κ1) is 14.4. The van der Waals surface area contributed by atoms with Gasteiger partial charge in [-0.2, -0.15) is 17.0 Å². The summed E-state index contributed by atoms with van der Waals surface area (Å²) in [7, 11) is 0. The maximum absolute atomic E-state index is 13.9. The van der Waals surface area contributed by atoms with Crippen LogP contribution in [0.2, 0.25) is 5.02 Å². The van der Waals surface area contributed by atoms with Gasteiger partial charge in [0.1, 0.15) is 17.4 Å². The van der Waals surface area contributed by atoms with Crippen molar-refractivity contribution < 1.29 is 4.39 Å². The van der Waals surface area contributed by atoms with Gasteiger partial charge < -0.3 is 5.32 Å². The van der Waals surface area contributed by atoms with Gasteiger partial charge in [0, 0.05) is 22.9 Å². The van der Waals surface area contributed by atoms with Gasteiger partial charge in [-0.3, -0.25) is 4.98 Å². The van der Waals surface area contributed by atoms with E-state index in [1.54, 1.807) is 0 Å². The van der Waals surface area contributed by atoms with E-state index in [0.29, 0.717) is 21.7 Å². The quantitative estimate of drug-likeness (QED) is 0.916. The van der Waals surface area contributed by atoms with E-state index in [1.807, 2.05) is 11.8 Å². The molecule has 0 unspecified atom stereocenters. The van der Waals surface area contributed by atoms with Crippen molar-refractivity contribution in [2.45, 2.75) is 17.6 Å². The van der Waals surface area contributed by atoms with Gasteiger partial charge >= 0.3 is 0 Å². The number of benzene rings is 1. The van der Waals surface area contributed by atoms with Gasteiger partial charge in [0.2, 0.25) is 0 Å². The molecule has 1 aromatic carbocycles. The molecule has 0 amide bonds. The first-order valence-corrected chi connectivity index (χ1v) is 8.16. The van der Waals surface area contributed by atoms with E-state index in [4.69, 9.17) is 11.6 Å². The summed E-state index contributed by atoms with van der Waals surface area (Å²) >= 11 is 8.02. The zero-order valence-electron chi connectivity index (χ0n) is 11.4. The average Bonchev–Trinajstić information content (AvgIpc) is 3.29. The average molecular weight is 322 g/mol. The number of fused-ring (bicyclic) bond motifs is 1. The molecule has 0 radical (unpaired) electrons. The van der Waals surface area contributed by atoms with Gasteiger partial charge in [-0.1, -0.05) is 11.6 Å². The van der Waals surface area contributed by atoms with E-state index in [1.165, 1.54) is 18.3 Å². The van der Waals surface area contributed by atoms with Crippen LogP contribution in [0.4, 0.5) is 10.1 Å². The number of pyridine rings is 1. The molecule has 1 aromatic heterocycles. The molecule has 108 valence electrons. The minimum atomic E-state index is -0.437. The van der Waals surface area contributed by atoms with Crippen molar-refractivity contribution in [1.82, 2.24) is 4.98 Å². The van der Waals surface area contributed by atoms with Crippen LogP contribution < -0.4 is 5.32 Å². The third-order valence-electron chi connectivity index (χ3n) is 3.87. The SMILES string of the molecule is CSC1(CNc2c(C#N)cnc3c(F)ccc(Cl)c23)CC1. The second-order valence-electron chi connectivity index (χ2n) is 5.15. The summed E-state index contributed by atoms with van der Waals surface area (Å²) in [5.74, 6) is -0.437. The summed E-state index contributed by atoms with van der Waals surface area (Å²) in [6.45, 7) is 0.731. The number of halogens is 2. The zero-order valence-corrected chi connectivity index (χ0v) is 13.0. The highest BCUT2D eigenvalue weighted by molar-refractivity contribution is 8.00. The minimum Gasteiger partial charge on any atom is -0.382 e. The molecule has 0 aliphatic heterocycles. The predicted molar refractivity (Wildman–Crippen MR) is 85.4 cm³/mol. The smallest absolute Gasteiger partial charge is 0.149 e. The highest BCUT2D eigenvalue weighted by Crippen LogP contribution is 2.47. The Morgan fingerprint density at radius 1 is 1.52 bits per heavy atom. The van der Waals surface area contributed by atoms with E-state index in [-0.39, 0.29) is 10.3 Å². The summed E-state index contributed by atoms with van der Waals surface area (Å²) in [6, 6.07) is 4.88. The molecule has 0 saturated heterocycles. The van der Waals surface area contributed by atoms with Crippen LogP contribution in [0.5, 0.6) is 0 Å². The summed E-state index contributed by atoms with van der Waals surface area (Å²) < 4.78 is 14.1. The van der Waals surface area contributed by atoms with Crippen molar-refractivity contribution in [3.8, 4) is 6.07 Å². The Balaban J connectivity index is 2.10. The van der Waals surface area contributed by atoms with Crippen LogP contribution in [0.1, 0.15) is 18.4 Å². The number of nitriles is 1. The number of anilines is 1. The predicted octanol–water partition coefficient (Wildman–Crippen LogP) is 4.21. The van der Waals surface area contributed by atoms with Gasteiger partial charge in [-0.25, -0.2) is 4.39 Å². The largest absolute Gasteiger partial charge is 0.382 e. The molecule has 1 saturated carbocycles. The van der Waals surface area contributed by atoms with E-state index >= 15 is 0 Å². The van der Waals surface area contributed by atoms with Gasteiger partial charge in [-0.15, -0.1) is 0 Å². The van der Waals surface area contributed by atoms with Crippen LogP contribution in [0.15, 0.2) is 18.3 Å². The maximum Gasteiger partial charge on any atom is 0.149 e. The standard InChI is InChI=1S/C15H13ClFN3S/c1-21-15(4-5-15)8-20-13-9(6-18)7-19-14-11(17)3-2-10(16)12(13)14/h2-3,7H,4-5,8H2,1H3,(H,19,20). The molecule has 1 N–H and O–H groups in total. The Hall–Kier alpha value is -1.51. The molecule has 3 nitrogen and oxygen atoms in total. The molecule has 0 atom stereocenters. The van der Waals surface area contributed by atoms with Crippen LogP contribution in [0.3, 0.4) is 0 Å². The van der Waals surface area contributed by atoms with Crippen LogP contribution in [-0.2, 0) is 0 Å². The van der Waals surface area contributed by atoms with E-state index < -0.39 is 5.82 Å². The first-order valence-electron chi connectivity index (χ1n) is 6.56. The van der Waals surface area contributed by atoms with Crippen LogP contribution in [-0.4, -0.2) is 22.5 Å². The number of hydrogen-bond acceptors (Lipinski definition) is 4. The highest BCUT2D eigenvalue weighted by Gasteiger charge is 2.41. The van der Waals surface area contributed by atoms with Crippen molar-refractivity contribution in [3.05, 3.63) is 34.7 Å². The second kappa shape index (κ2) is 5.36. The van der Waals surface area contributed by atoms with E-state index in [9.17, 15) is 9.65 Å². The number of aromatic nitrogens is 1. The lowest BCUT2D eigenvalue weighted by Gasteiger charge is -2.17. The summed E-state index contributed by atoms with van der Waals surface area (Å²) in [5, 5.41) is 13.4. The van der Waals surface area contributed by atoms with Crippen molar-refractivity contribution in [2.75, 3.05) is 18.1 Å². The monoisotopic (exact) mass is 321 g/mol. The van der Waals surface area contributed by atoms with Crippen molar-refractivity contribution >= 4 is 40.0 Å². The van der Waals surface area contributed by atoms with Crippen molar-refractivity contribution in [2.24, 2.45) is 0 Å². The number of rotatable bonds is 4. The fraction of sp³-hybridized carbons (Fsp3) is 0.333. The van der Waals surface area contributed by atoms with Gasteiger partial charge in [0.15, 0.2) is 0 Å². The lowest BCUT2D eigenvalue weighted by Crippen LogP contribution is -2.18. The Morgan fingerprint density at radius 3 is 2.90 bits per heavy atom. The molecule has 1 heterocycles. The molecule has 21 heavy (non-hydrogen) atoms. The van der Waals surface area contributed by atoms with Crippen LogP contribution >= 0.6 is 23.4 Å². The molecule has 1 aliphatic carbocycles. The third kappa shape index (κ3) is 2.54. The lowest BCUT2D eigenvalue weighted by atomic mass is 10.1. The zero-order chi connectivity index (χ0) is 15.0. The fourth-order valence-corrected chi connectivity index (χ4v) is 3.32. The number of nitrogens with zero attached hydrogens (tertiary/aromatic N) is 2. The third-order valence-corrected chi connectivity index (χ3v) is 5.60. The number of hydrogen-bond donors (Lipinski definition) is 1. The summed E-state index contributed by atoms with van der Waals surface area (Å²) in [4.78, 5) is 4.03. The maximum atomic E-state index is 13.9. The Bertz CT molecular complexity index is 753. The molecular weight excluding hydrogens is 309 g/mol. The molecular formula is C15H13ClFN3S. The van der Waals surface area contributed by atoms with Crippen molar-refractivity contribution in [3.63, 3.8) is 0 Å². The van der Waals surface area contributed by atoms with Gasteiger partial charge in [0.25, 0.3) is 0 Å². The fourth-order valence-electron chi connectivity index (χ4n) is 2.34. The van der Waals surface area contributed by atoms with Crippen molar-refractivity contribution in [1.29, 1.82) is 5.26 Å². The Morgan fingerprint density at radius 2 is 2.29 bits per heavy atom. The van der Waals surface area contributed by atoms with Gasteiger partial charge in [-0.05, 0) is 31.2 Å². The number of nitrogens with one attached hydrogen (secondary N) is 1. The lowest BCUT2D eigenvalue weighted by molar-refractivity contribution is 0.637. The van der Waals surface area contributed by atoms with Crippen LogP contribution in [0, 0.1) is 17.1 Å². The normalized spacial score (nSPS) is 15.7. The topological polar surface area (TPSA) is 48.7 Å². The molecule has 1 fully saturated rings. The first-order chi connectivity index (χ1) is 10.1. The van der Waals surface area contributed by atoms with E-state index in [2.05, 4.69) is 22.6 Å². The molecule has 6 heteroatoms. The van der Waals surface area contributed by atoms with Crippen LogP contribution in [0.25, 0.3) is 10.9 Å². The Kier molecular flexibility index (Phi) is 3.68. The summed E-state index contributed by atoms with van der Waals surface area (Å²) in [5.41, 5.74) is 1.15. The minimum absolute atomic E-state index is 0.193. The molecule has 0 bridgehead atoms. The summed E-state index contributed by atoms with van der Waals surface area (Å²) in [6.07, 6.45) is 5.77. The van der Waals surface area contributed by atoms with E-state index in [0.717, 1.165) is 19.4 Å². The van der Waals surface area contributed by atoms with Gasteiger partial charge in [0.05, 0.1) is 16.3 Å².